The molecule has 1 unspecified atom stereocenters. The number of para-hydroxylation sites is 2. The van der Waals surface area contributed by atoms with Crippen LogP contribution in [0.25, 0.3) is 11.0 Å². The van der Waals surface area contributed by atoms with Crippen LogP contribution in [0.3, 0.4) is 0 Å². The van der Waals surface area contributed by atoms with Crippen LogP contribution in [0.2, 0.25) is 0 Å². The fourth-order valence-electron chi connectivity index (χ4n) is 3.73. The molecule has 0 bridgehead atoms. The lowest BCUT2D eigenvalue weighted by atomic mass is 9.94. The maximum absolute atomic E-state index is 12.3. The van der Waals surface area contributed by atoms with Crippen LogP contribution in [0.1, 0.15) is 18.7 Å². The predicted molar refractivity (Wildman–Crippen MR) is 101 cm³/mol. The molecule has 0 saturated carbocycles. The van der Waals surface area contributed by atoms with E-state index in [1.165, 1.54) is 6.42 Å². The van der Waals surface area contributed by atoms with E-state index in [1.807, 2.05) is 25.2 Å². The third kappa shape index (κ3) is 3.94. The fraction of sp³-hybridized carbons (Fsp3) is 0.421. The summed E-state index contributed by atoms with van der Waals surface area (Å²) in [7, 11) is 1.84. The number of imidazole rings is 1. The first kappa shape index (κ1) is 16.8. The Kier molecular flexibility index (Phi) is 4.71. The van der Waals surface area contributed by atoms with E-state index in [1.54, 1.807) is 17.1 Å². The summed E-state index contributed by atoms with van der Waals surface area (Å²) in [5.74, 6) is 1.58. The molecule has 26 heavy (non-hydrogen) atoms. The average Bonchev–Trinajstić information content (AvgIpc) is 3.20. The number of rotatable bonds is 5. The zero-order chi connectivity index (χ0) is 17.9. The highest BCUT2D eigenvalue weighted by atomic mass is 16.2. The molecule has 0 aliphatic carbocycles. The molecule has 136 valence electrons. The molecule has 1 aliphatic rings. The van der Waals surface area contributed by atoms with Crippen molar-refractivity contribution in [1.29, 1.82) is 0 Å². The van der Waals surface area contributed by atoms with Gasteiger partial charge in [-0.2, -0.15) is 5.10 Å². The van der Waals surface area contributed by atoms with Crippen LogP contribution in [0.15, 0.2) is 36.7 Å². The second-order valence-electron chi connectivity index (χ2n) is 7.10. The number of nitrogens with one attached hydrogen (secondary N) is 2. The first-order chi connectivity index (χ1) is 12.7. The Balaban J connectivity index is 1.32. The largest absolute Gasteiger partial charge is 0.342 e. The molecule has 1 amide bonds. The molecule has 2 N–H and O–H groups in total. The number of aryl methyl sites for hydroxylation is 1. The minimum atomic E-state index is 0.0161. The van der Waals surface area contributed by atoms with Gasteiger partial charge in [0, 0.05) is 26.2 Å². The van der Waals surface area contributed by atoms with Crippen LogP contribution in [0, 0.1) is 5.92 Å². The van der Waals surface area contributed by atoms with Crippen LogP contribution in [-0.2, 0) is 18.3 Å². The summed E-state index contributed by atoms with van der Waals surface area (Å²) in [6, 6.07) is 8.12. The van der Waals surface area contributed by atoms with Gasteiger partial charge < -0.3 is 10.3 Å². The van der Waals surface area contributed by atoms with Gasteiger partial charge in [-0.15, -0.1) is 0 Å². The molecule has 3 aromatic rings. The number of carbonyl (C=O) groups is 1. The lowest BCUT2D eigenvalue weighted by Gasteiger charge is -2.31. The predicted octanol–water partition coefficient (Wildman–Crippen LogP) is 2.19. The van der Waals surface area contributed by atoms with Crippen molar-refractivity contribution in [2.24, 2.45) is 13.0 Å². The third-order valence-electron chi connectivity index (χ3n) is 4.88. The Morgan fingerprint density at radius 1 is 1.38 bits per heavy atom. The number of likely N-dealkylation sites (tertiary alicyclic amines) is 1. The van der Waals surface area contributed by atoms with Crippen molar-refractivity contribution in [3.8, 4) is 0 Å². The summed E-state index contributed by atoms with van der Waals surface area (Å²) < 4.78 is 1.68. The molecule has 1 atom stereocenters. The normalized spacial score (nSPS) is 18.3. The maximum atomic E-state index is 12.3. The highest BCUT2D eigenvalue weighted by molar-refractivity contribution is 5.91. The summed E-state index contributed by atoms with van der Waals surface area (Å²) in [6.45, 7) is 2.32. The van der Waals surface area contributed by atoms with Crippen molar-refractivity contribution < 1.29 is 4.79 Å². The first-order valence-electron chi connectivity index (χ1n) is 9.10. The summed E-state index contributed by atoms with van der Waals surface area (Å²) in [5.41, 5.74) is 2.85. The van der Waals surface area contributed by atoms with Gasteiger partial charge >= 0.3 is 0 Å². The molecule has 7 heteroatoms. The van der Waals surface area contributed by atoms with E-state index >= 15 is 0 Å². The second kappa shape index (κ2) is 7.29. The Bertz CT molecular complexity index is 865. The molecule has 1 saturated heterocycles. The standard InChI is InChI=1S/C19H24N6O/c1-24-12-15(10-20-24)21-19(26)13-25-8-4-5-14(11-25)9-18-22-16-6-2-3-7-17(16)23-18/h2-3,6-7,10,12,14H,4-5,8-9,11,13H2,1H3,(H,21,26)(H,22,23). The van der Waals surface area contributed by atoms with Crippen LogP contribution >= 0.6 is 0 Å². The van der Waals surface area contributed by atoms with E-state index in [0.29, 0.717) is 12.5 Å². The van der Waals surface area contributed by atoms with E-state index in [-0.39, 0.29) is 5.91 Å². The molecular weight excluding hydrogens is 328 g/mol. The van der Waals surface area contributed by atoms with Crippen molar-refractivity contribution in [3.63, 3.8) is 0 Å². The topological polar surface area (TPSA) is 78.8 Å². The molecule has 3 heterocycles. The highest BCUT2D eigenvalue weighted by Gasteiger charge is 2.23. The zero-order valence-electron chi connectivity index (χ0n) is 15.0. The van der Waals surface area contributed by atoms with Gasteiger partial charge in [-0.1, -0.05) is 12.1 Å². The number of H-pyrrole nitrogens is 1. The first-order valence-corrected chi connectivity index (χ1v) is 9.10. The molecule has 0 radical (unpaired) electrons. The van der Waals surface area contributed by atoms with Crippen molar-refractivity contribution in [1.82, 2.24) is 24.6 Å². The van der Waals surface area contributed by atoms with E-state index in [0.717, 1.165) is 48.5 Å². The molecule has 7 nitrogen and oxygen atoms in total. The van der Waals surface area contributed by atoms with Crippen LogP contribution < -0.4 is 5.32 Å². The van der Waals surface area contributed by atoms with Gasteiger partial charge in [0.15, 0.2) is 0 Å². The number of anilines is 1. The number of aromatic nitrogens is 4. The number of piperidine rings is 1. The minimum absolute atomic E-state index is 0.0161. The van der Waals surface area contributed by atoms with Gasteiger partial charge in [0.1, 0.15) is 5.82 Å². The highest BCUT2D eigenvalue weighted by Crippen LogP contribution is 2.21. The maximum Gasteiger partial charge on any atom is 0.238 e. The number of amides is 1. The molecule has 4 rings (SSSR count). The van der Waals surface area contributed by atoms with Crippen molar-refractivity contribution in [3.05, 3.63) is 42.5 Å². The molecule has 0 spiro atoms. The van der Waals surface area contributed by atoms with Gasteiger partial charge in [0.25, 0.3) is 0 Å². The molecule has 1 aromatic carbocycles. The molecule has 1 fully saturated rings. The van der Waals surface area contributed by atoms with Crippen LogP contribution in [-0.4, -0.2) is 50.2 Å². The number of nitrogens with zero attached hydrogens (tertiary/aromatic N) is 4. The SMILES string of the molecule is Cn1cc(NC(=O)CN2CCCC(Cc3nc4ccccc4[nH]3)C2)cn1. The lowest BCUT2D eigenvalue weighted by molar-refractivity contribution is -0.117. The number of hydrogen-bond donors (Lipinski definition) is 2. The second-order valence-corrected chi connectivity index (χ2v) is 7.10. The van der Waals surface area contributed by atoms with E-state index in [9.17, 15) is 4.79 Å². The Morgan fingerprint density at radius 2 is 2.27 bits per heavy atom. The van der Waals surface area contributed by atoms with Crippen molar-refractivity contribution >= 4 is 22.6 Å². The van der Waals surface area contributed by atoms with Gasteiger partial charge in [0.05, 0.1) is 29.5 Å². The average molecular weight is 352 g/mol. The Morgan fingerprint density at radius 3 is 3.08 bits per heavy atom. The number of fused-ring (bicyclic) bond motifs is 1. The van der Waals surface area contributed by atoms with Gasteiger partial charge in [-0.3, -0.25) is 14.4 Å². The summed E-state index contributed by atoms with van der Waals surface area (Å²) in [6.07, 6.45) is 6.69. The number of aromatic amines is 1. The van der Waals surface area contributed by atoms with Gasteiger partial charge in [-0.05, 0) is 37.4 Å². The van der Waals surface area contributed by atoms with Crippen molar-refractivity contribution in [2.45, 2.75) is 19.3 Å². The third-order valence-corrected chi connectivity index (χ3v) is 4.88. The molecular formula is C19H24N6O. The Hall–Kier alpha value is -2.67. The lowest BCUT2D eigenvalue weighted by Crippen LogP contribution is -2.41. The number of hydrogen-bond acceptors (Lipinski definition) is 4. The monoisotopic (exact) mass is 352 g/mol. The van der Waals surface area contributed by atoms with Crippen LogP contribution in [0.4, 0.5) is 5.69 Å². The van der Waals surface area contributed by atoms with Crippen LogP contribution in [0.5, 0.6) is 0 Å². The fourth-order valence-corrected chi connectivity index (χ4v) is 3.73. The van der Waals surface area contributed by atoms with Gasteiger partial charge in [-0.25, -0.2) is 4.98 Å². The van der Waals surface area contributed by atoms with E-state index < -0.39 is 0 Å². The summed E-state index contributed by atoms with van der Waals surface area (Å²) in [5, 5.41) is 6.98. The number of carbonyl (C=O) groups excluding carboxylic acids is 1. The smallest absolute Gasteiger partial charge is 0.238 e. The van der Waals surface area contributed by atoms with E-state index in [2.05, 4.69) is 31.3 Å². The van der Waals surface area contributed by atoms with Crippen molar-refractivity contribution in [2.75, 3.05) is 25.0 Å². The molecule has 2 aromatic heterocycles. The van der Waals surface area contributed by atoms with E-state index in [4.69, 9.17) is 0 Å². The Labute approximate surface area is 152 Å². The zero-order valence-corrected chi connectivity index (χ0v) is 15.0. The molecule has 1 aliphatic heterocycles. The quantitative estimate of drug-likeness (QED) is 0.738. The van der Waals surface area contributed by atoms with Gasteiger partial charge in [0.2, 0.25) is 5.91 Å². The summed E-state index contributed by atoms with van der Waals surface area (Å²) in [4.78, 5) is 22.6. The minimum Gasteiger partial charge on any atom is -0.342 e. The summed E-state index contributed by atoms with van der Waals surface area (Å²) >= 11 is 0. The number of benzene rings is 1.